The highest BCUT2D eigenvalue weighted by molar-refractivity contribution is 6.02. The van der Waals surface area contributed by atoms with E-state index in [2.05, 4.69) is 22.4 Å². The third-order valence-electron chi connectivity index (χ3n) is 4.12. The van der Waals surface area contributed by atoms with E-state index in [9.17, 15) is 5.11 Å². The van der Waals surface area contributed by atoms with Gasteiger partial charge >= 0.3 is 0 Å². The van der Waals surface area contributed by atoms with Crippen molar-refractivity contribution in [1.29, 1.82) is 0 Å². The molecule has 1 aromatic carbocycles. The highest BCUT2D eigenvalue weighted by atomic mass is 16.3. The van der Waals surface area contributed by atoms with Gasteiger partial charge in [0.25, 0.3) is 0 Å². The van der Waals surface area contributed by atoms with Gasteiger partial charge < -0.3 is 10.4 Å². The zero-order valence-corrected chi connectivity index (χ0v) is 13.5. The number of hydrogen-bond acceptors (Lipinski definition) is 4. The van der Waals surface area contributed by atoms with Gasteiger partial charge in [0.1, 0.15) is 5.82 Å². The van der Waals surface area contributed by atoms with Gasteiger partial charge in [-0.15, -0.1) is 0 Å². The number of hydrogen-bond donors (Lipinski definition) is 2. The van der Waals surface area contributed by atoms with Crippen molar-refractivity contribution >= 4 is 16.6 Å². The van der Waals surface area contributed by atoms with E-state index in [1.165, 1.54) is 0 Å². The summed E-state index contributed by atoms with van der Waals surface area (Å²) in [7, 11) is 0. The SMILES string of the molecule is CCC(CO)Nc1nc(C)c(-c2ccncc2)c2ccccc12. The second-order valence-electron chi connectivity index (χ2n) is 5.63. The molecule has 2 heterocycles. The van der Waals surface area contributed by atoms with Gasteiger partial charge in [0, 0.05) is 29.0 Å². The predicted octanol–water partition coefficient (Wildman–Crippen LogP) is 3.79. The third kappa shape index (κ3) is 3.03. The number of aliphatic hydroxyl groups is 1. The highest BCUT2D eigenvalue weighted by Gasteiger charge is 2.14. The van der Waals surface area contributed by atoms with E-state index in [1.54, 1.807) is 12.4 Å². The summed E-state index contributed by atoms with van der Waals surface area (Å²) < 4.78 is 0. The first-order valence-electron chi connectivity index (χ1n) is 7.91. The average molecular weight is 307 g/mol. The molecule has 0 radical (unpaired) electrons. The molecule has 118 valence electrons. The minimum Gasteiger partial charge on any atom is -0.394 e. The number of aryl methyl sites for hydroxylation is 1. The molecule has 0 saturated heterocycles. The Hall–Kier alpha value is -2.46. The monoisotopic (exact) mass is 307 g/mol. The lowest BCUT2D eigenvalue weighted by Gasteiger charge is -2.19. The van der Waals surface area contributed by atoms with Crippen LogP contribution in [0.3, 0.4) is 0 Å². The lowest BCUT2D eigenvalue weighted by Crippen LogP contribution is -2.23. The van der Waals surface area contributed by atoms with E-state index in [-0.39, 0.29) is 12.6 Å². The standard InChI is InChI=1S/C19H21N3O/c1-3-15(12-23)22-19-17-7-5-4-6-16(17)18(13(2)21-19)14-8-10-20-11-9-14/h4-11,15,23H,3,12H2,1-2H3,(H,21,22). The topological polar surface area (TPSA) is 58.0 Å². The molecule has 1 unspecified atom stereocenters. The molecule has 0 spiro atoms. The number of nitrogens with zero attached hydrogens (tertiary/aromatic N) is 2. The van der Waals surface area contributed by atoms with E-state index in [4.69, 9.17) is 4.98 Å². The van der Waals surface area contributed by atoms with Gasteiger partial charge in [-0.2, -0.15) is 0 Å². The summed E-state index contributed by atoms with van der Waals surface area (Å²) in [5.74, 6) is 0.830. The van der Waals surface area contributed by atoms with Gasteiger partial charge in [-0.05, 0) is 36.4 Å². The second-order valence-corrected chi connectivity index (χ2v) is 5.63. The van der Waals surface area contributed by atoms with E-state index in [0.717, 1.165) is 39.8 Å². The van der Waals surface area contributed by atoms with Crippen LogP contribution in [0.25, 0.3) is 21.9 Å². The van der Waals surface area contributed by atoms with Gasteiger partial charge in [-0.1, -0.05) is 31.2 Å². The van der Waals surface area contributed by atoms with E-state index < -0.39 is 0 Å². The first-order chi connectivity index (χ1) is 11.2. The van der Waals surface area contributed by atoms with Crippen LogP contribution in [0.4, 0.5) is 5.82 Å². The second kappa shape index (κ2) is 6.75. The number of aliphatic hydroxyl groups excluding tert-OH is 1. The van der Waals surface area contributed by atoms with Crippen molar-refractivity contribution in [3.05, 3.63) is 54.5 Å². The maximum atomic E-state index is 9.46. The van der Waals surface area contributed by atoms with Crippen molar-refractivity contribution < 1.29 is 5.11 Å². The van der Waals surface area contributed by atoms with Gasteiger partial charge in [0.15, 0.2) is 0 Å². The molecule has 0 aliphatic heterocycles. The van der Waals surface area contributed by atoms with Crippen molar-refractivity contribution in [1.82, 2.24) is 9.97 Å². The molecule has 2 N–H and O–H groups in total. The van der Waals surface area contributed by atoms with Crippen LogP contribution in [0.5, 0.6) is 0 Å². The van der Waals surface area contributed by atoms with E-state index >= 15 is 0 Å². The predicted molar refractivity (Wildman–Crippen MR) is 94.5 cm³/mol. The number of aromatic nitrogens is 2. The molecular weight excluding hydrogens is 286 g/mol. The largest absolute Gasteiger partial charge is 0.394 e. The molecule has 0 saturated carbocycles. The quantitative estimate of drug-likeness (QED) is 0.753. The molecule has 4 nitrogen and oxygen atoms in total. The Morgan fingerprint density at radius 3 is 2.43 bits per heavy atom. The molecule has 23 heavy (non-hydrogen) atoms. The molecule has 0 aliphatic carbocycles. The van der Waals surface area contributed by atoms with Gasteiger partial charge in [0.05, 0.1) is 12.6 Å². The van der Waals surface area contributed by atoms with E-state index in [1.807, 2.05) is 38.1 Å². The fourth-order valence-electron chi connectivity index (χ4n) is 2.85. The van der Waals surface area contributed by atoms with Crippen LogP contribution in [0.1, 0.15) is 19.0 Å². The van der Waals surface area contributed by atoms with Crippen LogP contribution in [0, 0.1) is 6.92 Å². The summed E-state index contributed by atoms with van der Waals surface area (Å²) in [5, 5.41) is 15.1. The highest BCUT2D eigenvalue weighted by Crippen LogP contribution is 2.34. The molecule has 0 fully saturated rings. The lowest BCUT2D eigenvalue weighted by atomic mass is 9.98. The lowest BCUT2D eigenvalue weighted by molar-refractivity contribution is 0.271. The summed E-state index contributed by atoms with van der Waals surface area (Å²) in [6.45, 7) is 4.17. The minimum atomic E-state index is 0.0112. The van der Waals surface area contributed by atoms with Crippen LogP contribution >= 0.6 is 0 Å². The van der Waals surface area contributed by atoms with Crippen molar-refractivity contribution in [3.63, 3.8) is 0 Å². The van der Waals surface area contributed by atoms with Crippen LogP contribution < -0.4 is 5.32 Å². The molecule has 2 aromatic heterocycles. The molecule has 3 aromatic rings. The number of pyridine rings is 2. The van der Waals surface area contributed by atoms with Crippen molar-refractivity contribution in [2.45, 2.75) is 26.3 Å². The Morgan fingerprint density at radius 1 is 1.09 bits per heavy atom. The zero-order chi connectivity index (χ0) is 16.2. The first-order valence-corrected chi connectivity index (χ1v) is 7.91. The zero-order valence-electron chi connectivity index (χ0n) is 13.5. The van der Waals surface area contributed by atoms with Crippen LogP contribution in [0.2, 0.25) is 0 Å². The Kier molecular flexibility index (Phi) is 4.53. The van der Waals surface area contributed by atoms with Gasteiger partial charge in [0.2, 0.25) is 0 Å². The molecule has 0 amide bonds. The fourth-order valence-corrected chi connectivity index (χ4v) is 2.85. The van der Waals surface area contributed by atoms with Crippen LogP contribution in [0.15, 0.2) is 48.8 Å². The molecule has 4 heteroatoms. The van der Waals surface area contributed by atoms with Crippen LogP contribution in [-0.4, -0.2) is 27.7 Å². The maximum absolute atomic E-state index is 9.46. The molecule has 3 rings (SSSR count). The van der Waals surface area contributed by atoms with Crippen molar-refractivity contribution in [2.24, 2.45) is 0 Å². The van der Waals surface area contributed by atoms with Gasteiger partial charge in [-0.25, -0.2) is 4.98 Å². The number of rotatable bonds is 5. The Labute approximate surface area is 136 Å². The van der Waals surface area contributed by atoms with Crippen molar-refractivity contribution in [2.75, 3.05) is 11.9 Å². The Morgan fingerprint density at radius 2 is 1.78 bits per heavy atom. The summed E-state index contributed by atoms with van der Waals surface area (Å²) in [6, 6.07) is 12.3. The Bertz CT molecular complexity index is 798. The summed E-state index contributed by atoms with van der Waals surface area (Å²) >= 11 is 0. The molecule has 0 aliphatic rings. The van der Waals surface area contributed by atoms with E-state index in [0.29, 0.717) is 0 Å². The van der Waals surface area contributed by atoms with Gasteiger partial charge in [-0.3, -0.25) is 4.98 Å². The Balaban J connectivity index is 2.20. The summed E-state index contributed by atoms with van der Waals surface area (Å²) in [6.07, 6.45) is 4.45. The van der Waals surface area contributed by atoms with Crippen molar-refractivity contribution in [3.8, 4) is 11.1 Å². The number of fused-ring (bicyclic) bond motifs is 1. The minimum absolute atomic E-state index is 0.0112. The fraction of sp³-hybridized carbons (Fsp3) is 0.263. The maximum Gasteiger partial charge on any atom is 0.134 e. The number of anilines is 1. The summed E-state index contributed by atoms with van der Waals surface area (Å²) in [5.41, 5.74) is 3.21. The third-order valence-corrected chi connectivity index (χ3v) is 4.12. The molecule has 0 bridgehead atoms. The summed E-state index contributed by atoms with van der Waals surface area (Å²) in [4.78, 5) is 8.87. The smallest absolute Gasteiger partial charge is 0.134 e. The van der Waals surface area contributed by atoms with Crippen LogP contribution in [-0.2, 0) is 0 Å². The number of nitrogens with one attached hydrogen (secondary N) is 1. The average Bonchev–Trinajstić information content (AvgIpc) is 2.60. The molecule has 1 atom stereocenters. The number of benzene rings is 1. The molecular formula is C19H21N3O. The normalized spacial score (nSPS) is 12.3. The first kappa shape index (κ1) is 15.4.